The molecule has 1 amide bonds. The summed E-state index contributed by atoms with van der Waals surface area (Å²) in [5, 5.41) is 5.69. The van der Waals surface area contributed by atoms with Gasteiger partial charge in [-0.05, 0) is 12.5 Å². The molecule has 2 rings (SSSR count). The topological polar surface area (TPSA) is 62.7 Å². The van der Waals surface area contributed by atoms with E-state index in [0.717, 1.165) is 5.56 Å². The van der Waals surface area contributed by atoms with Gasteiger partial charge in [-0.1, -0.05) is 30.3 Å². The Morgan fingerprint density at radius 2 is 2.29 bits per heavy atom. The van der Waals surface area contributed by atoms with Gasteiger partial charge in [-0.3, -0.25) is 10.3 Å². The lowest BCUT2D eigenvalue weighted by atomic mass is 10.1. The number of carbonyl (C=O) groups excluding carboxylic acids is 1. The van der Waals surface area contributed by atoms with Crippen molar-refractivity contribution in [3.63, 3.8) is 0 Å². The zero-order valence-corrected chi connectivity index (χ0v) is 9.64. The van der Waals surface area contributed by atoms with Crippen LogP contribution in [0.4, 0.5) is 4.79 Å². The van der Waals surface area contributed by atoms with Gasteiger partial charge in [0.1, 0.15) is 0 Å². The Balaban J connectivity index is 1.89. The highest BCUT2D eigenvalue weighted by molar-refractivity contribution is 5.95. The first kappa shape index (κ1) is 11.4. The minimum atomic E-state index is -0.479. The maximum Gasteiger partial charge on any atom is 0.413 e. The molecule has 1 heterocycles. The fourth-order valence-corrected chi connectivity index (χ4v) is 1.65. The molecule has 0 radical (unpaired) electrons. The molecule has 1 unspecified atom stereocenters. The highest BCUT2D eigenvalue weighted by atomic mass is 16.5. The molecule has 0 saturated carbocycles. The highest BCUT2D eigenvalue weighted by Crippen LogP contribution is 2.15. The SMILES string of the molecule is CCOC(=O)NC1=NCC(c2ccccc2)N1. The first-order valence-corrected chi connectivity index (χ1v) is 5.59. The number of alkyl carbamates (subject to hydrolysis) is 1. The second kappa shape index (κ2) is 5.34. The van der Waals surface area contributed by atoms with Gasteiger partial charge in [0.15, 0.2) is 0 Å². The molecule has 2 N–H and O–H groups in total. The minimum Gasteiger partial charge on any atom is -0.450 e. The maximum atomic E-state index is 11.2. The second-order valence-electron chi connectivity index (χ2n) is 3.64. The summed E-state index contributed by atoms with van der Waals surface area (Å²) in [6, 6.07) is 10.1. The molecule has 1 atom stereocenters. The Morgan fingerprint density at radius 1 is 1.53 bits per heavy atom. The van der Waals surface area contributed by atoms with E-state index in [1.807, 2.05) is 30.3 Å². The average molecular weight is 233 g/mol. The third-order valence-electron chi connectivity index (χ3n) is 2.44. The van der Waals surface area contributed by atoms with Crippen molar-refractivity contribution in [3.05, 3.63) is 35.9 Å². The number of amides is 1. The first-order chi connectivity index (χ1) is 8.29. The van der Waals surface area contributed by atoms with Crippen LogP contribution >= 0.6 is 0 Å². The van der Waals surface area contributed by atoms with Gasteiger partial charge in [0, 0.05) is 0 Å². The Hall–Kier alpha value is -2.04. The summed E-state index contributed by atoms with van der Waals surface area (Å²) in [7, 11) is 0. The normalized spacial score (nSPS) is 18.2. The summed E-state index contributed by atoms with van der Waals surface area (Å²) in [6.07, 6.45) is -0.479. The summed E-state index contributed by atoms with van der Waals surface area (Å²) in [5.74, 6) is 0.470. The fraction of sp³-hybridized carbons (Fsp3) is 0.333. The highest BCUT2D eigenvalue weighted by Gasteiger charge is 2.20. The Bertz CT molecular complexity index is 417. The van der Waals surface area contributed by atoms with Crippen LogP contribution in [0.25, 0.3) is 0 Å². The number of rotatable bonds is 2. The van der Waals surface area contributed by atoms with E-state index in [0.29, 0.717) is 19.1 Å². The number of carbonyl (C=O) groups is 1. The lowest BCUT2D eigenvalue weighted by Gasteiger charge is -2.12. The zero-order chi connectivity index (χ0) is 12.1. The van der Waals surface area contributed by atoms with Gasteiger partial charge in [0.2, 0.25) is 5.96 Å². The first-order valence-electron chi connectivity index (χ1n) is 5.59. The lowest BCUT2D eigenvalue weighted by molar-refractivity contribution is 0.157. The third kappa shape index (κ3) is 2.96. The Morgan fingerprint density at radius 3 is 3.00 bits per heavy atom. The number of hydrogen-bond acceptors (Lipinski definition) is 4. The van der Waals surface area contributed by atoms with Crippen molar-refractivity contribution in [2.75, 3.05) is 13.2 Å². The minimum absolute atomic E-state index is 0.119. The van der Waals surface area contributed by atoms with E-state index in [9.17, 15) is 4.79 Å². The van der Waals surface area contributed by atoms with Crippen LogP contribution in [0.1, 0.15) is 18.5 Å². The molecular weight excluding hydrogens is 218 g/mol. The molecule has 1 aromatic rings. The molecular formula is C12H15N3O2. The van der Waals surface area contributed by atoms with Gasteiger partial charge in [-0.15, -0.1) is 0 Å². The molecule has 90 valence electrons. The van der Waals surface area contributed by atoms with E-state index < -0.39 is 6.09 Å². The van der Waals surface area contributed by atoms with Crippen LogP contribution < -0.4 is 10.6 Å². The molecule has 1 aromatic carbocycles. The van der Waals surface area contributed by atoms with Crippen LogP contribution in [-0.4, -0.2) is 25.2 Å². The van der Waals surface area contributed by atoms with Crippen LogP contribution in [0.3, 0.4) is 0 Å². The monoisotopic (exact) mass is 233 g/mol. The molecule has 0 fully saturated rings. The van der Waals surface area contributed by atoms with Crippen LogP contribution in [0.5, 0.6) is 0 Å². The predicted molar refractivity (Wildman–Crippen MR) is 64.8 cm³/mol. The molecule has 5 heteroatoms. The van der Waals surface area contributed by atoms with Crippen molar-refractivity contribution in [1.82, 2.24) is 10.6 Å². The number of nitrogens with zero attached hydrogens (tertiary/aromatic N) is 1. The molecule has 0 aromatic heterocycles. The van der Waals surface area contributed by atoms with E-state index in [-0.39, 0.29) is 6.04 Å². The van der Waals surface area contributed by atoms with E-state index in [1.165, 1.54) is 0 Å². The van der Waals surface area contributed by atoms with E-state index >= 15 is 0 Å². The fourth-order valence-electron chi connectivity index (χ4n) is 1.65. The van der Waals surface area contributed by atoms with E-state index in [2.05, 4.69) is 15.6 Å². The molecule has 5 nitrogen and oxygen atoms in total. The molecule has 0 spiro atoms. The van der Waals surface area contributed by atoms with Crippen molar-refractivity contribution < 1.29 is 9.53 Å². The van der Waals surface area contributed by atoms with Crippen LogP contribution in [0.2, 0.25) is 0 Å². The van der Waals surface area contributed by atoms with Crippen molar-refractivity contribution in [1.29, 1.82) is 0 Å². The summed E-state index contributed by atoms with van der Waals surface area (Å²) in [4.78, 5) is 15.4. The quantitative estimate of drug-likeness (QED) is 0.812. The lowest BCUT2D eigenvalue weighted by Crippen LogP contribution is -2.39. The number of guanidine groups is 1. The summed E-state index contributed by atoms with van der Waals surface area (Å²) < 4.78 is 4.77. The van der Waals surface area contributed by atoms with Crippen LogP contribution in [-0.2, 0) is 4.74 Å². The number of aliphatic imine (C=N–C) groups is 1. The molecule has 1 aliphatic rings. The number of benzene rings is 1. The van der Waals surface area contributed by atoms with Gasteiger partial charge < -0.3 is 10.1 Å². The second-order valence-corrected chi connectivity index (χ2v) is 3.64. The maximum absolute atomic E-state index is 11.2. The van der Waals surface area contributed by atoms with Crippen molar-refractivity contribution in [2.24, 2.45) is 4.99 Å². The number of hydrogen-bond donors (Lipinski definition) is 2. The Labute approximate surface area is 99.9 Å². The van der Waals surface area contributed by atoms with E-state index in [4.69, 9.17) is 4.74 Å². The molecule has 17 heavy (non-hydrogen) atoms. The standard InChI is InChI=1S/C12H15N3O2/c1-2-17-12(16)15-11-13-8-10(14-11)9-6-4-3-5-7-9/h3-7,10H,2,8H2,1H3,(H2,13,14,15,16). The molecule has 1 aliphatic heterocycles. The number of ether oxygens (including phenoxy) is 1. The number of nitrogens with one attached hydrogen (secondary N) is 2. The summed E-state index contributed by atoms with van der Waals surface area (Å²) in [5.41, 5.74) is 1.15. The van der Waals surface area contributed by atoms with Gasteiger partial charge in [-0.25, -0.2) is 4.79 Å². The summed E-state index contributed by atoms with van der Waals surface area (Å²) in [6.45, 7) is 2.73. The zero-order valence-electron chi connectivity index (χ0n) is 9.64. The third-order valence-corrected chi connectivity index (χ3v) is 2.44. The van der Waals surface area contributed by atoms with Crippen LogP contribution in [0, 0.1) is 0 Å². The van der Waals surface area contributed by atoms with Gasteiger partial charge >= 0.3 is 6.09 Å². The molecule has 0 saturated heterocycles. The van der Waals surface area contributed by atoms with Crippen molar-refractivity contribution in [2.45, 2.75) is 13.0 Å². The van der Waals surface area contributed by atoms with Crippen molar-refractivity contribution >= 4 is 12.1 Å². The van der Waals surface area contributed by atoms with Gasteiger partial charge in [-0.2, -0.15) is 0 Å². The Kier molecular flexibility index (Phi) is 3.59. The van der Waals surface area contributed by atoms with E-state index in [1.54, 1.807) is 6.92 Å². The molecule has 0 aliphatic carbocycles. The van der Waals surface area contributed by atoms with Gasteiger partial charge in [0.05, 0.1) is 19.2 Å². The predicted octanol–water partition coefficient (Wildman–Crippen LogP) is 1.43. The molecule has 0 bridgehead atoms. The average Bonchev–Trinajstić information content (AvgIpc) is 2.79. The van der Waals surface area contributed by atoms with Crippen LogP contribution in [0.15, 0.2) is 35.3 Å². The smallest absolute Gasteiger partial charge is 0.413 e. The largest absolute Gasteiger partial charge is 0.450 e. The summed E-state index contributed by atoms with van der Waals surface area (Å²) >= 11 is 0. The van der Waals surface area contributed by atoms with Gasteiger partial charge in [0.25, 0.3) is 0 Å². The van der Waals surface area contributed by atoms with Crippen molar-refractivity contribution in [3.8, 4) is 0 Å².